The van der Waals surface area contributed by atoms with Gasteiger partial charge in [-0.25, -0.2) is 4.39 Å². The summed E-state index contributed by atoms with van der Waals surface area (Å²) in [5.74, 6) is -1.22. The molecular weight excluding hydrogens is 283 g/mol. The van der Waals surface area contributed by atoms with E-state index < -0.39 is 16.6 Å². The van der Waals surface area contributed by atoms with Crippen LogP contribution in [0.5, 0.6) is 0 Å². The zero-order valence-electron chi connectivity index (χ0n) is 10.1. The molecule has 20 heavy (non-hydrogen) atoms. The van der Waals surface area contributed by atoms with Gasteiger partial charge in [0.05, 0.1) is 9.82 Å². The summed E-state index contributed by atoms with van der Waals surface area (Å²) in [4.78, 5) is 21.9. The first-order chi connectivity index (χ1) is 9.49. The van der Waals surface area contributed by atoms with E-state index in [1.165, 1.54) is 30.3 Å². The van der Waals surface area contributed by atoms with Crippen molar-refractivity contribution in [2.45, 2.75) is 9.79 Å². The van der Waals surface area contributed by atoms with Gasteiger partial charge in [-0.15, -0.1) is 0 Å². The highest BCUT2D eigenvalue weighted by Crippen LogP contribution is 2.36. The zero-order chi connectivity index (χ0) is 14.7. The van der Waals surface area contributed by atoms with Crippen molar-refractivity contribution >= 4 is 23.4 Å². The van der Waals surface area contributed by atoms with Gasteiger partial charge >= 0.3 is 0 Å². The van der Waals surface area contributed by atoms with E-state index in [1.807, 2.05) is 0 Å². The van der Waals surface area contributed by atoms with Crippen LogP contribution in [-0.4, -0.2) is 10.8 Å². The Hall–Kier alpha value is -2.41. The van der Waals surface area contributed by atoms with Crippen molar-refractivity contribution in [2.24, 2.45) is 5.73 Å². The lowest BCUT2D eigenvalue weighted by Crippen LogP contribution is -2.11. The van der Waals surface area contributed by atoms with E-state index in [2.05, 4.69) is 0 Å². The third-order valence-electron chi connectivity index (χ3n) is 2.50. The third-order valence-corrected chi connectivity index (χ3v) is 3.61. The van der Waals surface area contributed by atoms with Crippen LogP contribution in [-0.2, 0) is 0 Å². The molecule has 0 spiro atoms. The molecule has 0 heterocycles. The monoisotopic (exact) mass is 292 g/mol. The highest BCUT2D eigenvalue weighted by atomic mass is 32.2. The number of nitrogens with zero attached hydrogens (tertiary/aromatic N) is 1. The van der Waals surface area contributed by atoms with Crippen molar-refractivity contribution in [1.29, 1.82) is 0 Å². The van der Waals surface area contributed by atoms with E-state index in [-0.39, 0.29) is 21.0 Å². The van der Waals surface area contributed by atoms with Crippen LogP contribution in [0.3, 0.4) is 0 Å². The lowest BCUT2D eigenvalue weighted by atomic mass is 10.2. The number of halogens is 1. The number of hydrogen-bond acceptors (Lipinski definition) is 4. The van der Waals surface area contributed by atoms with Gasteiger partial charge in [-0.05, 0) is 24.3 Å². The zero-order valence-corrected chi connectivity index (χ0v) is 10.9. The first-order valence-electron chi connectivity index (χ1n) is 5.49. The first-order valence-corrected chi connectivity index (χ1v) is 6.31. The van der Waals surface area contributed by atoms with Gasteiger partial charge in [-0.3, -0.25) is 14.9 Å². The average Bonchev–Trinajstić information content (AvgIpc) is 2.41. The second kappa shape index (κ2) is 5.70. The first kappa shape index (κ1) is 14.0. The average molecular weight is 292 g/mol. The molecule has 0 saturated heterocycles. The fourth-order valence-electron chi connectivity index (χ4n) is 1.55. The van der Waals surface area contributed by atoms with Gasteiger partial charge in [0.15, 0.2) is 0 Å². The topological polar surface area (TPSA) is 86.2 Å². The molecule has 2 rings (SSSR count). The van der Waals surface area contributed by atoms with Gasteiger partial charge in [0, 0.05) is 16.5 Å². The number of nitrogens with two attached hydrogens (primary N) is 1. The standard InChI is InChI=1S/C13H9FN2O3S/c14-9-3-1-2-4-11(9)20-12-6-5-8(13(15)17)7-10(12)16(18)19/h1-7H,(H2,15,17). The molecule has 0 fully saturated rings. The Balaban J connectivity index is 2.44. The van der Waals surface area contributed by atoms with Crippen LogP contribution in [0.2, 0.25) is 0 Å². The summed E-state index contributed by atoms with van der Waals surface area (Å²) in [7, 11) is 0. The third kappa shape index (κ3) is 2.94. The maximum Gasteiger partial charge on any atom is 0.284 e. The van der Waals surface area contributed by atoms with Crippen molar-refractivity contribution in [3.8, 4) is 0 Å². The van der Waals surface area contributed by atoms with Crippen LogP contribution in [0.1, 0.15) is 10.4 Å². The second-order valence-corrected chi connectivity index (χ2v) is 4.92. The fraction of sp³-hybridized carbons (Fsp3) is 0. The molecule has 2 aromatic rings. The van der Waals surface area contributed by atoms with Crippen LogP contribution >= 0.6 is 11.8 Å². The van der Waals surface area contributed by atoms with E-state index in [0.29, 0.717) is 0 Å². The van der Waals surface area contributed by atoms with Crippen LogP contribution in [0, 0.1) is 15.9 Å². The number of carbonyl (C=O) groups excluding carboxylic acids is 1. The molecule has 2 N–H and O–H groups in total. The van der Waals surface area contributed by atoms with Gasteiger partial charge in [0.1, 0.15) is 5.82 Å². The quantitative estimate of drug-likeness (QED) is 0.693. The van der Waals surface area contributed by atoms with Crippen molar-refractivity contribution in [2.75, 3.05) is 0 Å². The molecule has 0 radical (unpaired) electrons. The number of nitro groups is 1. The summed E-state index contributed by atoms with van der Waals surface area (Å²) in [6.45, 7) is 0. The molecule has 1 amide bonds. The summed E-state index contributed by atoms with van der Waals surface area (Å²) < 4.78 is 13.6. The number of nitro benzene ring substituents is 1. The summed E-state index contributed by atoms with van der Waals surface area (Å²) in [6, 6.07) is 9.80. The highest BCUT2D eigenvalue weighted by molar-refractivity contribution is 7.99. The van der Waals surface area contributed by atoms with Crippen LogP contribution in [0.25, 0.3) is 0 Å². The largest absolute Gasteiger partial charge is 0.366 e. The number of benzene rings is 2. The molecule has 0 aromatic heterocycles. The van der Waals surface area contributed by atoms with Crippen LogP contribution in [0.4, 0.5) is 10.1 Å². The second-order valence-electron chi connectivity index (χ2n) is 3.84. The predicted octanol–water partition coefficient (Wildman–Crippen LogP) is 2.98. The molecule has 0 unspecified atom stereocenters. The Morgan fingerprint density at radius 2 is 1.90 bits per heavy atom. The van der Waals surface area contributed by atoms with E-state index in [0.717, 1.165) is 17.8 Å². The Morgan fingerprint density at radius 3 is 2.50 bits per heavy atom. The molecule has 102 valence electrons. The molecular formula is C13H9FN2O3S. The molecule has 0 aliphatic carbocycles. The van der Waals surface area contributed by atoms with Gasteiger partial charge in [0.25, 0.3) is 5.69 Å². The molecule has 0 bridgehead atoms. The highest BCUT2D eigenvalue weighted by Gasteiger charge is 2.18. The van der Waals surface area contributed by atoms with Gasteiger partial charge < -0.3 is 5.73 Å². The number of rotatable bonds is 4. The van der Waals surface area contributed by atoms with E-state index >= 15 is 0 Å². The molecule has 0 atom stereocenters. The van der Waals surface area contributed by atoms with Crippen molar-refractivity contribution in [1.82, 2.24) is 0 Å². The molecule has 0 saturated carbocycles. The van der Waals surface area contributed by atoms with Crippen molar-refractivity contribution < 1.29 is 14.1 Å². The molecule has 2 aromatic carbocycles. The van der Waals surface area contributed by atoms with E-state index in [1.54, 1.807) is 6.07 Å². The Morgan fingerprint density at radius 1 is 1.20 bits per heavy atom. The van der Waals surface area contributed by atoms with Crippen LogP contribution < -0.4 is 5.73 Å². The number of hydrogen-bond donors (Lipinski definition) is 1. The molecule has 0 aliphatic rings. The van der Waals surface area contributed by atoms with Crippen LogP contribution in [0.15, 0.2) is 52.3 Å². The molecule has 0 aliphatic heterocycles. The summed E-state index contributed by atoms with van der Waals surface area (Å²) in [5, 5.41) is 11.0. The number of primary amides is 1. The SMILES string of the molecule is NC(=O)c1ccc(Sc2ccccc2F)c([N+](=O)[O-])c1. The molecule has 5 nitrogen and oxygen atoms in total. The summed E-state index contributed by atoms with van der Waals surface area (Å²) in [5.41, 5.74) is 4.84. The predicted molar refractivity (Wildman–Crippen MR) is 72.1 cm³/mol. The maximum atomic E-state index is 13.6. The Kier molecular flexibility index (Phi) is 3.99. The lowest BCUT2D eigenvalue weighted by Gasteiger charge is -2.05. The number of amides is 1. The van der Waals surface area contributed by atoms with Gasteiger partial charge in [0.2, 0.25) is 5.91 Å². The normalized spacial score (nSPS) is 10.2. The maximum absolute atomic E-state index is 13.6. The van der Waals surface area contributed by atoms with E-state index in [4.69, 9.17) is 5.73 Å². The minimum Gasteiger partial charge on any atom is -0.366 e. The molecule has 7 heteroatoms. The van der Waals surface area contributed by atoms with Gasteiger partial charge in [-0.1, -0.05) is 23.9 Å². The summed E-state index contributed by atoms with van der Waals surface area (Å²) in [6.07, 6.45) is 0. The van der Waals surface area contributed by atoms with E-state index in [9.17, 15) is 19.3 Å². The number of carbonyl (C=O) groups is 1. The van der Waals surface area contributed by atoms with Gasteiger partial charge in [-0.2, -0.15) is 0 Å². The minimum absolute atomic E-state index is 0.0367. The Bertz CT molecular complexity index is 691. The fourth-order valence-corrected chi connectivity index (χ4v) is 2.47. The Labute approximate surface area is 117 Å². The smallest absolute Gasteiger partial charge is 0.284 e. The van der Waals surface area contributed by atoms with Crippen molar-refractivity contribution in [3.63, 3.8) is 0 Å². The summed E-state index contributed by atoms with van der Waals surface area (Å²) >= 11 is 0.921. The minimum atomic E-state index is -0.754. The van der Waals surface area contributed by atoms with Crippen molar-refractivity contribution in [3.05, 3.63) is 64.0 Å². The lowest BCUT2D eigenvalue weighted by molar-refractivity contribution is -0.387.